The zero-order chi connectivity index (χ0) is 15.9. The van der Waals surface area contributed by atoms with Gasteiger partial charge >= 0.3 is 0 Å². The minimum atomic E-state index is -0.184. The molecule has 0 aromatic heterocycles. The number of carbonyl (C=O) groups is 1. The van der Waals surface area contributed by atoms with E-state index in [0.29, 0.717) is 17.7 Å². The second-order valence-electron chi connectivity index (χ2n) is 7.11. The summed E-state index contributed by atoms with van der Waals surface area (Å²) in [4.78, 5) is 12.4. The Bertz CT molecular complexity index is 705. The number of carbonyl (C=O) groups excluding carboxylic acids is 1. The van der Waals surface area contributed by atoms with Crippen molar-refractivity contribution in [1.82, 2.24) is 0 Å². The number of fused-ring (bicyclic) bond motifs is 1. The van der Waals surface area contributed by atoms with Crippen LogP contribution in [0.25, 0.3) is 0 Å². The van der Waals surface area contributed by atoms with E-state index in [1.807, 2.05) is 25.1 Å². The Hall–Kier alpha value is -2.09. The highest BCUT2D eigenvalue weighted by Gasteiger charge is 2.27. The van der Waals surface area contributed by atoms with E-state index in [-0.39, 0.29) is 17.3 Å². The monoisotopic (exact) mass is 294 g/mol. The molecule has 1 heterocycles. The zero-order valence-corrected chi connectivity index (χ0v) is 13.6. The molecule has 0 saturated heterocycles. The van der Waals surface area contributed by atoms with Crippen LogP contribution in [0.2, 0.25) is 0 Å². The van der Waals surface area contributed by atoms with Gasteiger partial charge in [0.2, 0.25) is 0 Å². The van der Waals surface area contributed by atoms with Gasteiger partial charge in [-0.25, -0.2) is 0 Å². The van der Waals surface area contributed by atoms with Crippen LogP contribution in [-0.2, 0) is 5.41 Å². The quantitative estimate of drug-likeness (QED) is 0.740. The van der Waals surface area contributed by atoms with Crippen molar-refractivity contribution in [3.63, 3.8) is 0 Å². The number of hydrogen-bond donors (Lipinski definition) is 0. The van der Waals surface area contributed by atoms with E-state index in [1.54, 1.807) is 0 Å². The Morgan fingerprint density at radius 3 is 2.36 bits per heavy atom. The average molecular weight is 294 g/mol. The molecule has 2 aromatic rings. The lowest BCUT2D eigenvalue weighted by molar-refractivity contribution is 0.0850. The van der Waals surface area contributed by atoms with Gasteiger partial charge in [-0.15, -0.1) is 0 Å². The molecule has 0 N–H and O–H groups in total. The molecule has 0 amide bonds. The summed E-state index contributed by atoms with van der Waals surface area (Å²) < 4.78 is 6.05. The van der Waals surface area contributed by atoms with E-state index in [1.165, 1.54) is 5.56 Å². The SMILES string of the molecule is Cc1ccc2c(c1)C(=O)CC(c1ccc(C(C)(C)C)cc1)O2. The predicted molar refractivity (Wildman–Crippen MR) is 88.6 cm³/mol. The van der Waals surface area contributed by atoms with Gasteiger partial charge in [-0.3, -0.25) is 4.79 Å². The van der Waals surface area contributed by atoms with E-state index in [9.17, 15) is 4.79 Å². The Morgan fingerprint density at radius 1 is 1.05 bits per heavy atom. The molecule has 1 aliphatic heterocycles. The molecule has 2 aromatic carbocycles. The van der Waals surface area contributed by atoms with Gasteiger partial charge < -0.3 is 4.74 Å². The van der Waals surface area contributed by atoms with Crippen LogP contribution < -0.4 is 4.74 Å². The molecule has 2 nitrogen and oxygen atoms in total. The Labute approximate surface area is 132 Å². The molecule has 0 saturated carbocycles. The van der Waals surface area contributed by atoms with E-state index >= 15 is 0 Å². The van der Waals surface area contributed by atoms with Crippen molar-refractivity contribution in [3.8, 4) is 5.75 Å². The van der Waals surface area contributed by atoms with Gasteiger partial charge in [0.25, 0.3) is 0 Å². The van der Waals surface area contributed by atoms with Crippen LogP contribution in [0.5, 0.6) is 5.75 Å². The highest BCUT2D eigenvalue weighted by Crippen LogP contribution is 2.35. The molecular formula is C20H22O2. The first kappa shape index (κ1) is 14.8. The largest absolute Gasteiger partial charge is 0.484 e. The van der Waals surface area contributed by atoms with Gasteiger partial charge in [-0.1, -0.05) is 56.7 Å². The Morgan fingerprint density at radius 2 is 1.73 bits per heavy atom. The molecule has 2 heteroatoms. The molecule has 3 rings (SSSR count). The summed E-state index contributed by atoms with van der Waals surface area (Å²) in [6, 6.07) is 14.2. The van der Waals surface area contributed by atoms with Crippen LogP contribution in [0.3, 0.4) is 0 Å². The second kappa shape index (κ2) is 5.28. The van der Waals surface area contributed by atoms with Crippen molar-refractivity contribution in [3.05, 3.63) is 64.7 Å². The summed E-state index contributed by atoms with van der Waals surface area (Å²) in [5.41, 5.74) is 4.28. The van der Waals surface area contributed by atoms with Crippen LogP contribution in [0, 0.1) is 6.92 Å². The van der Waals surface area contributed by atoms with Crippen molar-refractivity contribution in [2.24, 2.45) is 0 Å². The molecular weight excluding hydrogens is 272 g/mol. The van der Waals surface area contributed by atoms with Gasteiger partial charge in [-0.2, -0.15) is 0 Å². The summed E-state index contributed by atoms with van der Waals surface area (Å²) >= 11 is 0. The third kappa shape index (κ3) is 2.78. The number of ether oxygens (including phenoxy) is 1. The smallest absolute Gasteiger partial charge is 0.170 e. The number of hydrogen-bond acceptors (Lipinski definition) is 2. The lowest BCUT2D eigenvalue weighted by atomic mass is 9.86. The fourth-order valence-corrected chi connectivity index (χ4v) is 2.82. The van der Waals surface area contributed by atoms with Gasteiger partial charge in [0.1, 0.15) is 11.9 Å². The maximum atomic E-state index is 12.4. The second-order valence-corrected chi connectivity index (χ2v) is 7.11. The fraction of sp³-hybridized carbons (Fsp3) is 0.350. The van der Waals surface area contributed by atoms with E-state index in [0.717, 1.165) is 11.1 Å². The van der Waals surface area contributed by atoms with E-state index < -0.39 is 0 Å². The number of aryl methyl sites for hydroxylation is 1. The lowest BCUT2D eigenvalue weighted by Gasteiger charge is -2.26. The molecule has 0 spiro atoms. The molecule has 0 bridgehead atoms. The summed E-state index contributed by atoms with van der Waals surface area (Å²) in [5.74, 6) is 0.863. The minimum Gasteiger partial charge on any atom is -0.484 e. The molecule has 114 valence electrons. The Kier molecular flexibility index (Phi) is 3.56. The van der Waals surface area contributed by atoms with Gasteiger partial charge in [-0.05, 0) is 35.6 Å². The summed E-state index contributed by atoms with van der Waals surface area (Å²) in [5, 5.41) is 0. The van der Waals surface area contributed by atoms with E-state index in [2.05, 4.69) is 45.0 Å². The minimum absolute atomic E-state index is 0.131. The fourth-order valence-electron chi connectivity index (χ4n) is 2.82. The van der Waals surface area contributed by atoms with Crippen LogP contribution >= 0.6 is 0 Å². The number of Topliss-reactive ketones (excluding diaryl/α,β-unsaturated/α-hetero) is 1. The standard InChI is InChI=1S/C20H22O2/c1-13-5-10-18-16(11-13)17(21)12-19(22-18)14-6-8-15(9-7-14)20(2,3)4/h5-11,19H,12H2,1-4H3. The third-order valence-corrected chi connectivity index (χ3v) is 4.22. The number of ketones is 1. The topological polar surface area (TPSA) is 26.3 Å². The first-order valence-corrected chi connectivity index (χ1v) is 7.75. The third-order valence-electron chi connectivity index (χ3n) is 4.22. The van der Waals surface area contributed by atoms with Crippen LogP contribution in [0.1, 0.15) is 60.3 Å². The maximum absolute atomic E-state index is 12.4. The predicted octanol–water partition coefficient (Wildman–Crippen LogP) is 5.00. The van der Waals surface area contributed by atoms with Crippen LogP contribution in [-0.4, -0.2) is 5.78 Å². The molecule has 1 unspecified atom stereocenters. The van der Waals surface area contributed by atoms with Crippen molar-refractivity contribution in [2.75, 3.05) is 0 Å². The van der Waals surface area contributed by atoms with Gasteiger partial charge in [0.15, 0.2) is 5.78 Å². The van der Waals surface area contributed by atoms with E-state index in [4.69, 9.17) is 4.74 Å². The summed E-state index contributed by atoms with van der Waals surface area (Å²) in [7, 11) is 0. The lowest BCUT2D eigenvalue weighted by Crippen LogP contribution is -2.20. The molecule has 0 radical (unpaired) electrons. The highest BCUT2D eigenvalue weighted by atomic mass is 16.5. The van der Waals surface area contributed by atoms with Crippen molar-refractivity contribution < 1.29 is 9.53 Å². The molecule has 22 heavy (non-hydrogen) atoms. The first-order valence-electron chi connectivity index (χ1n) is 7.75. The van der Waals surface area contributed by atoms with Crippen molar-refractivity contribution >= 4 is 5.78 Å². The number of rotatable bonds is 1. The summed E-state index contributed by atoms with van der Waals surface area (Å²) in [6.07, 6.45) is 0.224. The number of benzene rings is 2. The maximum Gasteiger partial charge on any atom is 0.170 e. The zero-order valence-electron chi connectivity index (χ0n) is 13.6. The molecule has 0 aliphatic carbocycles. The van der Waals surface area contributed by atoms with Crippen LogP contribution in [0.15, 0.2) is 42.5 Å². The normalized spacial score (nSPS) is 17.8. The highest BCUT2D eigenvalue weighted by molar-refractivity contribution is 6.00. The molecule has 1 atom stereocenters. The van der Waals surface area contributed by atoms with Gasteiger partial charge in [0, 0.05) is 0 Å². The first-order chi connectivity index (χ1) is 10.3. The Balaban J connectivity index is 1.88. The summed E-state index contributed by atoms with van der Waals surface area (Å²) in [6.45, 7) is 8.58. The van der Waals surface area contributed by atoms with Crippen LogP contribution in [0.4, 0.5) is 0 Å². The van der Waals surface area contributed by atoms with Gasteiger partial charge in [0.05, 0.1) is 12.0 Å². The molecule has 1 aliphatic rings. The average Bonchev–Trinajstić information content (AvgIpc) is 2.47. The van der Waals surface area contributed by atoms with Crippen molar-refractivity contribution in [2.45, 2.75) is 45.6 Å². The molecule has 0 fully saturated rings. The van der Waals surface area contributed by atoms with Crippen molar-refractivity contribution in [1.29, 1.82) is 0 Å².